The summed E-state index contributed by atoms with van der Waals surface area (Å²) in [5.74, 6) is -1.60. The van der Waals surface area contributed by atoms with Gasteiger partial charge in [-0.25, -0.2) is 4.57 Å². The average Bonchev–Trinajstić information content (AvgIpc) is 3.43. The number of phosphoric acid groups is 1. The first kappa shape index (κ1) is 73.9. The fourth-order valence-electron chi connectivity index (χ4n) is 7.74. The number of allylic oxidation sites excluding steroid dienone is 20. The van der Waals surface area contributed by atoms with Gasteiger partial charge in [-0.1, -0.05) is 219 Å². The molecule has 0 aliphatic rings. The van der Waals surface area contributed by atoms with Gasteiger partial charge in [-0.15, -0.1) is 0 Å². The fourth-order valence-corrected chi connectivity index (χ4v) is 8.52. The number of hydrogen-bond donors (Lipinski definition) is 2. The second-order valence-corrected chi connectivity index (χ2v) is 21.2. The van der Waals surface area contributed by atoms with E-state index in [4.69, 9.17) is 23.3 Å². The third-order valence-corrected chi connectivity index (χ3v) is 13.3. The second-order valence-electron chi connectivity index (χ2n) is 19.8. The Morgan fingerprint density at radius 1 is 0.372 bits per heavy atom. The van der Waals surface area contributed by atoms with Crippen LogP contribution in [0.2, 0.25) is 0 Å². The van der Waals surface area contributed by atoms with Gasteiger partial charge >= 0.3 is 25.7 Å². The molecule has 444 valence electrons. The lowest BCUT2D eigenvalue weighted by atomic mass is 10.1. The van der Waals surface area contributed by atoms with Crippen molar-refractivity contribution < 1.29 is 52.2 Å². The highest BCUT2D eigenvalue weighted by Crippen LogP contribution is 2.43. The summed E-state index contributed by atoms with van der Waals surface area (Å²) in [7, 11) is -4.78. The van der Waals surface area contributed by atoms with Crippen LogP contribution < -0.4 is 0 Å². The van der Waals surface area contributed by atoms with Gasteiger partial charge in [-0.2, -0.15) is 0 Å². The first-order chi connectivity index (χ1) is 38.2. The molecule has 0 saturated heterocycles. The van der Waals surface area contributed by atoms with Crippen molar-refractivity contribution in [3.05, 3.63) is 122 Å². The van der Waals surface area contributed by atoms with Gasteiger partial charge in [0, 0.05) is 19.3 Å². The van der Waals surface area contributed by atoms with Crippen LogP contribution in [0.1, 0.15) is 239 Å². The van der Waals surface area contributed by atoms with Crippen LogP contribution in [0.5, 0.6) is 0 Å². The quantitative estimate of drug-likeness (QED) is 0.0197. The zero-order valence-electron chi connectivity index (χ0n) is 49.1. The predicted molar refractivity (Wildman–Crippen MR) is 325 cm³/mol. The van der Waals surface area contributed by atoms with Crippen molar-refractivity contribution >= 4 is 25.7 Å². The highest BCUT2D eigenvalue weighted by molar-refractivity contribution is 7.47. The van der Waals surface area contributed by atoms with Gasteiger partial charge in [0.15, 0.2) is 6.10 Å². The Morgan fingerprint density at radius 2 is 0.692 bits per heavy atom. The lowest BCUT2D eigenvalue weighted by Crippen LogP contribution is -2.30. The molecular weight excluding hydrogens is 1000 g/mol. The minimum absolute atomic E-state index is 0.0331. The number of ether oxygens (including phenoxy) is 3. The molecule has 0 fully saturated rings. The molecule has 0 amide bonds. The molecule has 0 spiro atoms. The van der Waals surface area contributed by atoms with E-state index in [0.717, 1.165) is 116 Å². The van der Waals surface area contributed by atoms with Gasteiger partial charge in [0.05, 0.1) is 19.8 Å². The van der Waals surface area contributed by atoms with E-state index < -0.39 is 57.8 Å². The SMILES string of the molecule is CC/C=C\C/C=C\C/C=C\C/C=C\C/C=C\C/C=C\CCC(=O)OC(COC(=O)CCCCCCC/C=C\C/C=C\CCCCC)COP(=O)(O)OCC(CO)OC(=O)CCCCCCCCC/C=C\C/C=C\CCCCC. The molecule has 0 radical (unpaired) electrons. The zero-order valence-corrected chi connectivity index (χ0v) is 50.0. The molecular formula is C66H109O11P. The van der Waals surface area contributed by atoms with E-state index in [1.807, 2.05) is 12.2 Å². The standard InChI is InChI=1S/C66H109O11P/c1-4-7-10-13-16-19-22-25-28-30-31-33-36-39-42-45-48-51-54-57-66(70)77-63(59-73-64(68)55-52-49-46-43-40-37-34-27-24-21-18-15-12-9-6-3)61-75-78(71,72)74-60-62(58-67)76-65(69)56-53-50-47-44-41-38-35-32-29-26-23-20-17-14-11-8-5-2/h7,10,16-21,25-29,31,33-34,39,42,48,51,62-63,67H,4-6,8-9,11-15,22-24,30,32,35-38,40-41,43-47,49-50,52-61H2,1-3H3,(H,71,72)/b10-7-,19-16-,20-17-,21-18-,28-25-,29-26-,33-31-,34-27-,42-39-,51-48-. The van der Waals surface area contributed by atoms with E-state index in [0.29, 0.717) is 25.7 Å². The number of aliphatic hydroxyl groups is 1. The van der Waals surface area contributed by atoms with Gasteiger partial charge in [-0.05, 0) is 122 Å². The third-order valence-electron chi connectivity index (χ3n) is 12.4. The fraction of sp³-hybridized carbons (Fsp3) is 0.652. The molecule has 11 nitrogen and oxygen atoms in total. The molecule has 0 heterocycles. The topological polar surface area (TPSA) is 155 Å². The highest BCUT2D eigenvalue weighted by Gasteiger charge is 2.28. The maximum Gasteiger partial charge on any atom is 0.472 e. The molecule has 0 aromatic heterocycles. The summed E-state index contributed by atoms with van der Waals surface area (Å²) in [6, 6.07) is 0. The number of unbranched alkanes of at least 4 members (excludes halogenated alkanes) is 18. The van der Waals surface area contributed by atoms with Crippen molar-refractivity contribution in [3.8, 4) is 0 Å². The van der Waals surface area contributed by atoms with E-state index in [2.05, 4.69) is 130 Å². The van der Waals surface area contributed by atoms with Crippen molar-refractivity contribution in [2.24, 2.45) is 0 Å². The van der Waals surface area contributed by atoms with Crippen molar-refractivity contribution in [1.29, 1.82) is 0 Å². The number of hydrogen-bond acceptors (Lipinski definition) is 10. The Morgan fingerprint density at radius 3 is 1.10 bits per heavy atom. The van der Waals surface area contributed by atoms with Crippen LogP contribution in [0, 0.1) is 0 Å². The average molecular weight is 1110 g/mol. The molecule has 0 rings (SSSR count). The van der Waals surface area contributed by atoms with Crippen LogP contribution in [0.3, 0.4) is 0 Å². The highest BCUT2D eigenvalue weighted by atomic mass is 31.2. The molecule has 3 atom stereocenters. The van der Waals surface area contributed by atoms with Crippen molar-refractivity contribution in [2.45, 2.75) is 251 Å². The van der Waals surface area contributed by atoms with E-state index in [1.165, 1.54) is 57.8 Å². The maximum atomic E-state index is 12.9. The molecule has 0 aliphatic carbocycles. The summed E-state index contributed by atoms with van der Waals surface area (Å²) in [5, 5.41) is 9.84. The lowest BCUT2D eigenvalue weighted by molar-refractivity contribution is -0.161. The molecule has 2 N–H and O–H groups in total. The van der Waals surface area contributed by atoms with Crippen molar-refractivity contribution in [1.82, 2.24) is 0 Å². The summed E-state index contributed by atoms with van der Waals surface area (Å²) >= 11 is 0. The number of phosphoric ester groups is 1. The molecule has 0 bridgehead atoms. The molecule has 0 aliphatic heterocycles. The molecule has 0 aromatic rings. The Balaban J connectivity index is 4.85. The minimum atomic E-state index is -4.78. The normalized spacial score (nSPS) is 14.2. The van der Waals surface area contributed by atoms with Crippen molar-refractivity contribution in [3.63, 3.8) is 0 Å². The number of carbonyl (C=O) groups is 3. The zero-order chi connectivity index (χ0) is 56.9. The smallest absolute Gasteiger partial charge is 0.462 e. The molecule has 0 aromatic carbocycles. The molecule has 78 heavy (non-hydrogen) atoms. The van der Waals surface area contributed by atoms with E-state index in [9.17, 15) is 28.9 Å². The largest absolute Gasteiger partial charge is 0.472 e. The van der Waals surface area contributed by atoms with Crippen LogP contribution in [-0.2, 0) is 42.2 Å². The summed E-state index contributed by atoms with van der Waals surface area (Å²) in [6.07, 6.45) is 73.0. The van der Waals surface area contributed by atoms with E-state index in [-0.39, 0.29) is 25.9 Å². The third kappa shape index (κ3) is 56.6. The van der Waals surface area contributed by atoms with E-state index in [1.54, 1.807) is 0 Å². The number of rotatable bonds is 55. The summed E-state index contributed by atoms with van der Waals surface area (Å²) in [6.45, 7) is 4.37. The number of esters is 3. The Labute approximate surface area is 475 Å². The van der Waals surface area contributed by atoms with Gasteiger partial charge in [0.1, 0.15) is 12.7 Å². The van der Waals surface area contributed by atoms with Crippen LogP contribution in [-0.4, -0.2) is 66.5 Å². The van der Waals surface area contributed by atoms with Crippen LogP contribution >= 0.6 is 7.82 Å². The molecule has 0 saturated carbocycles. The van der Waals surface area contributed by atoms with Gasteiger partial charge in [0.2, 0.25) is 0 Å². The first-order valence-electron chi connectivity index (χ1n) is 30.4. The van der Waals surface area contributed by atoms with Crippen LogP contribution in [0.25, 0.3) is 0 Å². The minimum Gasteiger partial charge on any atom is -0.462 e. The van der Waals surface area contributed by atoms with Crippen LogP contribution in [0.4, 0.5) is 0 Å². The summed E-state index contributed by atoms with van der Waals surface area (Å²) in [4.78, 5) is 48.6. The van der Waals surface area contributed by atoms with Crippen LogP contribution in [0.15, 0.2) is 122 Å². The Bertz CT molecular complexity index is 1770. The van der Waals surface area contributed by atoms with Gasteiger partial charge in [-0.3, -0.25) is 23.4 Å². The van der Waals surface area contributed by atoms with Gasteiger partial charge in [0.25, 0.3) is 0 Å². The maximum absolute atomic E-state index is 12.9. The van der Waals surface area contributed by atoms with Crippen molar-refractivity contribution in [2.75, 3.05) is 26.4 Å². The Kier molecular flexibility index (Phi) is 55.9. The summed E-state index contributed by atoms with van der Waals surface area (Å²) < 4.78 is 39.5. The van der Waals surface area contributed by atoms with E-state index >= 15 is 0 Å². The second kappa shape index (κ2) is 59.0. The first-order valence-corrected chi connectivity index (χ1v) is 31.9. The van der Waals surface area contributed by atoms with Gasteiger partial charge < -0.3 is 24.2 Å². The number of aliphatic hydroxyl groups excluding tert-OH is 1. The predicted octanol–water partition coefficient (Wildman–Crippen LogP) is 18.4. The molecule has 12 heteroatoms. The molecule has 3 unspecified atom stereocenters. The number of carbonyl (C=O) groups excluding carboxylic acids is 3. The lowest BCUT2D eigenvalue weighted by Gasteiger charge is -2.21. The monoisotopic (exact) mass is 1110 g/mol. The summed E-state index contributed by atoms with van der Waals surface area (Å²) in [5.41, 5.74) is 0. The Hall–Kier alpha value is -4.12.